The average molecular weight is 561 g/mol. The zero-order valence-corrected chi connectivity index (χ0v) is 23.0. The van der Waals surface area contributed by atoms with Crippen LogP contribution in [-0.2, 0) is 28.1 Å². The number of benzene rings is 1. The van der Waals surface area contributed by atoms with E-state index < -0.39 is 16.3 Å². The highest BCUT2D eigenvalue weighted by atomic mass is 32.2. The number of amidine groups is 1. The van der Waals surface area contributed by atoms with Gasteiger partial charge in [-0.3, -0.25) is 14.9 Å². The summed E-state index contributed by atoms with van der Waals surface area (Å²) in [5, 5.41) is 16.9. The normalized spacial score (nSPS) is 19.8. The Morgan fingerprint density at radius 1 is 1.18 bits per heavy atom. The molecule has 12 heteroatoms. The topological polar surface area (TPSA) is 111 Å². The molecule has 39 heavy (non-hydrogen) atoms. The van der Waals surface area contributed by atoms with Crippen LogP contribution in [0.1, 0.15) is 50.2 Å². The summed E-state index contributed by atoms with van der Waals surface area (Å²) in [5.74, 6) is 0.337. The second kappa shape index (κ2) is 10.7. The number of hydrogen-bond donors (Lipinski definition) is 2. The van der Waals surface area contributed by atoms with Crippen molar-refractivity contribution in [1.82, 2.24) is 20.0 Å². The Kier molecular flexibility index (Phi) is 7.49. The molecule has 210 valence electrons. The Labute approximate surface area is 227 Å². The molecular formula is C27H34F2N6O3S. The fraction of sp³-hybridized carbons (Fsp3) is 0.519. The number of fused-ring (bicyclic) bond motifs is 1. The van der Waals surface area contributed by atoms with Gasteiger partial charge in [0, 0.05) is 73.8 Å². The lowest BCUT2D eigenvalue weighted by Crippen LogP contribution is -2.47. The maximum absolute atomic E-state index is 14.3. The molecular weight excluding hydrogens is 526 g/mol. The van der Waals surface area contributed by atoms with Crippen molar-refractivity contribution in [3.05, 3.63) is 46.9 Å². The largest absolute Gasteiger partial charge is 0.385 e. The lowest BCUT2D eigenvalue weighted by atomic mass is 9.92. The highest BCUT2D eigenvalue weighted by molar-refractivity contribution is 7.91. The maximum atomic E-state index is 14.3. The third kappa shape index (κ3) is 5.70. The molecule has 1 amide bonds. The summed E-state index contributed by atoms with van der Waals surface area (Å²) in [6.45, 7) is 2.74. The molecule has 0 spiro atoms. The van der Waals surface area contributed by atoms with E-state index in [9.17, 15) is 27.4 Å². The molecule has 0 aliphatic carbocycles. The van der Waals surface area contributed by atoms with Crippen LogP contribution in [0.2, 0.25) is 0 Å². The van der Waals surface area contributed by atoms with Crippen LogP contribution in [0.4, 0.5) is 14.5 Å². The average Bonchev–Trinajstić information content (AvgIpc) is 3.34. The zero-order chi connectivity index (χ0) is 27.9. The van der Waals surface area contributed by atoms with Crippen LogP contribution in [0.15, 0.2) is 35.8 Å². The van der Waals surface area contributed by atoms with Crippen molar-refractivity contribution in [2.75, 3.05) is 36.0 Å². The molecule has 1 fully saturated rings. The van der Waals surface area contributed by atoms with E-state index in [-0.39, 0.29) is 41.4 Å². The molecule has 2 aromatic rings. The number of hydrogen-bond acceptors (Lipinski definition) is 6. The number of aromatic nitrogens is 2. The first-order chi connectivity index (χ1) is 18.5. The number of halogens is 2. The summed E-state index contributed by atoms with van der Waals surface area (Å²) in [7, 11) is -1.27. The minimum atomic E-state index is -3.02. The van der Waals surface area contributed by atoms with Gasteiger partial charge in [0.15, 0.2) is 0 Å². The van der Waals surface area contributed by atoms with Gasteiger partial charge in [0.2, 0.25) is 5.91 Å². The minimum Gasteiger partial charge on any atom is -0.385 e. The zero-order valence-electron chi connectivity index (χ0n) is 22.2. The van der Waals surface area contributed by atoms with Crippen LogP contribution >= 0.6 is 0 Å². The van der Waals surface area contributed by atoms with E-state index in [4.69, 9.17) is 0 Å². The molecule has 0 unspecified atom stereocenters. The number of aryl methyl sites for hydroxylation is 2. The van der Waals surface area contributed by atoms with E-state index in [0.29, 0.717) is 61.2 Å². The van der Waals surface area contributed by atoms with Gasteiger partial charge in [0.05, 0.1) is 24.2 Å². The number of rotatable bonds is 5. The van der Waals surface area contributed by atoms with Gasteiger partial charge in [-0.05, 0) is 48.9 Å². The smallest absolute Gasteiger partial charge is 0.264 e. The first-order valence-corrected chi connectivity index (χ1v) is 15.1. The summed E-state index contributed by atoms with van der Waals surface area (Å²) in [6, 6.07) is 3.27. The van der Waals surface area contributed by atoms with E-state index >= 15 is 0 Å². The minimum absolute atomic E-state index is 0.0312. The number of alkyl halides is 2. The first-order valence-electron chi connectivity index (χ1n) is 13.3. The van der Waals surface area contributed by atoms with Crippen molar-refractivity contribution in [1.29, 1.82) is 5.41 Å². The predicted molar refractivity (Wildman–Crippen MR) is 146 cm³/mol. The summed E-state index contributed by atoms with van der Waals surface area (Å²) >= 11 is 0. The first kappa shape index (κ1) is 27.3. The van der Waals surface area contributed by atoms with Gasteiger partial charge >= 0.3 is 0 Å². The molecule has 5 rings (SSSR count). The fourth-order valence-corrected chi connectivity index (χ4v) is 7.22. The molecule has 0 bridgehead atoms. The number of nitrogens with one attached hydrogen (secondary N) is 2. The van der Waals surface area contributed by atoms with Gasteiger partial charge in [-0.1, -0.05) is 0 Å². The Hall–Kier alpha value is -3.28. The number of sulfone groups is 1. The Morgan fingerprint density at radius 3 is 2.56 bits per heavy atom. The number of anilines is 1. The Balaban J connectivity index is 1.50. The monoisotopic (exact) mass is 560 g/mol. The Bertz CT molecular complexity index is 1420. The van der Waals surface area contributed by atoms with Crippen molar-refractivity contribution >= 4 is 27.3 Å². The standard InChI is InChI=1S/C27H34F2N6O3S/c1-17(36)34-9-5-24(32-20-6-10-39(37,38)11-7-20)23(16-34)27(30)35-8-3-4-18-12-21(19-14-31-33(2)15-19)22(26(28)29)13-25(18)35/h12-15,20,26,30,32H,3-11,16H2,1-2H3. The Morgan fingerprint density at radius 2 is 1.92 bits per heavy atom. The van der Waals surface area contributed by atoms with Gasteiger partial charge in [0.1, 0.15) is 15.7 Å². The molecule has 3 aliphatic heterocycles. The molecule has 1 aromatic heterocycles. The second-order valence-electron chi connectivity index (χ2n) is 10.6. The molecule has 1 aromatic carbocycles. The van der Waals surface area contributed by atoms with Gasteiger partial charge in [-0.15, -0.1) is 0 Å². The van der Waals surface area contributed by atoms with Crippen molar-refractivity contribution in [3.8, 4) is 11.1 Å². The van der Waals surface area contributed by atoms with Crippen LogP contribution in [0.5, 0.6) is 0 Å². The van der Waals surface area contributed by atoms with Gasteiger partial charge < -0.3 is 15.1 Å². The van der Waals surface area contributed by atoms with Crippen LogP contribution in [0.3, 0.4) is 0 Å². The van der Waals surface area contributed by atoms with Crippen molar-refractivity contribution < 1.29 is 22.0 Å². The van der Waals surface area contributed by atoms with Crippen LogP contribution in [-0.4, -0.2) is 72.0 Å². The van der Waals surface area contributed by atoms with Crippen molar-refractivity contribution in [3.63, 3.8) is 0 Å². The van der Waals surface area contributed by atoms with Gasteiger partial charge in [-0.25, -0.2) is 17.2 Å². The van der Waals surface area contributed by atoms with E-state index in [0.717, 1.165) is 17.7 Å². The lowest BCUT2D eigenvalue weighted by Gasteiger charge is -2.38. The highest BCUT2D eigenvalue weighted by Gasteiger charge is 2.32. The molecule has 0 radical (unpaired) electrons. The molecule has 2 N–H and O–H groups in total. The number of carbonyl (C=O) groups excluding carboxylic acids is 1. The summed E-state index contributed by atoms with van der Waals surface area (Å²) in [4.78, 5) is 15.7. The van der Waals surface area contributed by atoms with Gasteiger partial charge in [0.25, 0.3) is 6.43 Å². The molecule has 9 nitrogen and oxygen atoms in total. The summed E-state index contributed by atoms with van der Waals surface area (Å²) < 4.78 is 54.0. The van der Waals surface area contributed by atoms with Crippen LogP contribution in [0, 0.1) is 5.41 Å². The molecule has 0 atom stereocenters. The van der Waals surface area contributed by atoms with E-state index in [1.165, 1.54) is 13.0 Å². The second-order valence-corrected chi connectivity index (χ2v) is 12.9. The number of carbonyl (C=O) groups is 1. The summed E-state index contributed by atoms with van der Waals surface area (Å²) in [5.41, 5.74) is 3.91. The number of nitrogens with zero attached hydrogens (tertiary/aromatic N) is 4. The van der Waals surface area contributed by atoms with Crippen molar-refractivity contribution in [2.45, 2.75) is 51.5 Å². The van der Waals surface area contributed by atoms with E-state index in [1.54, 1.807) is 40.0 Å². The van der Waals surface area contributed by atoms with E-state index in [1.807, 2.05) is 0 Å². The van der Waals surface area contributed by atoms with Crippen molar-refractivity contribution in [2.24, 2.45) is 7.05 Å². The third-order valence-corrected chi connectivity index (χ3v) is 9.61. The van der Waals surface area contributed by atoms with E-state index in [2.05, 4.69) is 10.4 Å². The molecule has 3 aliphatic rings. The predicted octanol–water partition coefficient (Wildman–Crippen LogP) is 3.43. The number of amides is 1. The van der Waals surface area contributed by atoms with Crippen LogP contribution < -0.4 is 10.2 Å². The third-order valence-electron chi connectivity index (χ3n) is 7.90. The van der Waals surface area contributed by atoms with Gasteiger partial charge in [-0.2, -0.15) is 5.10 Å². The quantitative estimate of drug-likeness (QED) is 0.428. The molecule has 0 saturated carbocycles. The molecule has 1 saturated heterocycles. The lowest BCUT2D eigenvalue weighted by molar-refractivity contribution is -0.128. The summed E-state index contributed by atoms with van der Waals surface area (Å²) in [6.07, 6.45) is 3.55. The molecule has 4 heterocycles. The highest BCUT2D eigenvalue weighted by Crippen LogP contribution is 2.39. The fourth-order valence-electron chi connectivity index (χ4n) is 5.72. The van der Waals surface area contributed by atoms with Crippen LogP contribution in [0.25, 0.3) is 11.1 Å². The SMILES string of the molecule is CC(=O)N1CCC(NC2CCS(=O)(=O)CC2)=C(C(=N)N2CCCc3cc(-c4cnn(C)c4)c(C(F)F)cc32)C1. The maximum Gasteiger partial charge on any atom is 0.264 e.